The number of carbonyl (C=O) groups excluding carboxylic acids is 2. The molecule has 1 aliphatic rings. The zero-order chi connectivity index (χ0) is 21.3. The van der Waals surface area contributed by atoms with Crippen LogP contribution in [0.2, 0.25) is 0 Å². The Kier molecular flexibility index (Phi) is 7.93. The standard InChI is InChI=1S/C23H29FN4O2/c1-2-18-7-4-6-10-21(18)26-23(30)17-28-13-11-27(12-14-28)16-22(29)25-15-19-8-3-5-9-20(19)24/h3-10H,2,11-17H2,1H3,(H,25,29)(H,26,30)/p+2. The predicted octanol–water partition coefficient (Wildman–Crippen LogP) is -0.574. The van der Waals surface area contributed by atoms with E-state index in [4.69, 9.17) is 0 Å². The fourth-order valence-corrected chi connectivity index (χ4v) is 3.81. The maximum Gasteiger partial charge on any atom is 0.279 e. The van der Waals surface area contributed by atoms with Gasteiger partial charge in [-0.3, -0.25) is 9.59 Å². The number of piperazine rings is 1. The normalized spacial score (nSPS) is 18.6. The van der Waals surface area contributed by atoms with Crippen LogP contribution in [0.4, 0.5) is 10.1 Å². The maximum absolute atomic E-state index is 13.6. The second kappa shape index (κ2) is 10.8. The Morgan fingerprint density at radius 3 is 2.07 bits per heavy atom. The van der Waals surface area contributed by atoms with E-state index in [0.29, 0.717) is 18.7 Å². The minimum Gasteiger partial charge on any atom is -0.347 e. The third kappa shape index (κ3) is 6.37. The van der Waals surface area contributed by atoms with Crippen molar-refractivity contribution in [3.05, 3.63) is 65.5 Å². The number of aryl methyl sites for hydroxylation is 1. The van der Waals surface area contributed by atoms with Gasteiger partial charge in [-0.05, 0) is 24.1 Å². The van der Waals surface area contributed by atoms with E-state index in [1.54, 1.807) is 18.2 Å². The molecule has 1 saturated heterocycles. The average molecular weight is 415 g/mol. The lowest BCUT2D eigenvalue weighted by atomic mass is 10.1. The van der Waals surface area contributed by atoms with Crippen molar-refractivity contribution in [2.24, 2.45) is 0 Å². The Balaban J connectivity index is 1.37. The molecule has 7 heteroatoms. The molecule has 30 heavy (non-hydrogen) atoms. The van der Waals surface area contributed by atoms with E-state index >= 15 is 0 Å². The third-order valence-electron chi connectivity index (χ3n) is 5.59. The molecule has 0 unspecified atom stereocenters. The SMILES string of the molecule is CCc1ccccc1NC(=O)C[NH+]1CC[NH+](CC(=O)NCc2ccccc2F)CC1. The molecule has 6 nitrogen and oxygen atoms in total. The van der Waals surface area contributed by atoms with Crippen molar-refractivity contribution < 1.29 is 23.8 Å². The smallest absolute Gasteiger partial charge is 0.279 e. The van der Waals surface area contributed by atoms with E-state index in [1.165, 1.54) is 15.9 Å². The van der Waals surface area contributed by atoms with Gasteiger partial charge >= 0.3 is 0 Å². The number of para-hydroxylation sites is 1. The summed E-state index contributed by atoms with van der Waals surface area (Å²) < 4.78 is 13.6. The first-order chi connectivity index (χ1) is 14.5. The third-order valence-corrected chi connectivity index (χ3v) is 5.59. The first-order valence-electron chi connectivity index (χ1n) is 10.6. The van der Waals surface area contributed by atoms with Crippen molar-refractivity contribution >= 4 is 17.5 Å². The van der Waals surface area contributed by atoms with Gasteiger partial charge in [-0.25, -0.2) is 4.39 Å². The molecule has 0 bridgehead atoms. The minimum absolute atomic E-state index is 0.0250. The summed E-state index contributed by atoms with van der Waals surface area (Å²) in [6.07, 6.45) is 0.879. The molecule has 0 aromatic heterocycles. The molecular formula is C23H31FN4O2+2. The molecule has 1 aliphatic heterocycles. The zero-order valence-corrected chi connectivity index (χ0v) is 17.5. The van der Waals surface area contributed by atoms with Gasteiger partial charge in [0.2, 0.25) is 0 Å². The summed E-state index contributed by atoms with van der Waals surface area (Å²) in [7, 11) is 0. The van der Waals surface area contributed by atoms with Crippen LogP contribution < -0.4 is 20.4 Å². The number of halogens is 1. The summed E-state index contributed by atoms with van der Waals surface area (Å²) in [6, 6.07) is 14.3. The molecule has 4 N–H and O–H groups in total. The highest BCUT2D eigenvalue weighted by molar-refractivity contribution is 5.92. The number of nitrogens with one attached hydrogen (secondary N) is 4. The van der Waals surface area contributed by atoms with Crippen molar-refractivity contribution in [2.45, 2.75) is 19.9 Å². The second-order valence-corrected chi connectivity index (χ2v) is 7.78. The van der Waals surface area contributed by atoms with Gasteiger partial charge in [0, 0.05) is 17.8 Å². The molecule has 0 radical (unpaired) electrons. The molecule has 160 valence electrons. The Hall–Kier alpha value is -2.77. The van der Waals surface area contributed by atoms with Gasteiger partial charge in [0.1, 0.15) is 32.0 Å². The van der Waals surface area contributed by atoms with E-state index in [0.717, 1.165) is 43.9 Å². The van der Waals surface area contributed by atoms with Gasteiger partial charge in [-0.15, -0.1) is 0 Å². The lowest BCUT2D eigenvalue weighted by molar-refractivity contribution is -1.00. The number of rotatable bonds is 8. The average Bonchev–Trinajstić information content (AvgIpc) is 2.75. The van der Waals surface area contributed by atoms with Crippen LogP contribution in [0.1, 0.15) is 18.1 Å². The molecule has 0 spiro atoms. The van der Waals surface area contributed by atoms with Gasteiger partial charge in [-0.2, -0.15) is 0 Å². The maximum atomic E-state index is 13.6. The molecule has 0 saturated carbocycles. The molecule has 3 rings (SSSR count). The Morgan fingerprint density at radius 2 is 1.43 bits per heavy atom. The zero-order valence-electron chi connectivity index (χ0n) is 17.5. The summed E-state index contributed by atoms with van der Waals surface area (Å²) in [5.74, 6) is -0.357. The quantitative estimate of drug-likeness (QED) is 0.467. The number of hydrogen-bond acceptors (Lipinski definition) is 2. The van der Waals surface area contributed by atoms with E-state index in [-0.39, 0.29) is 24.2 Å². The topological polar surface area (TPSA) is 67.1 Å². The van der Waals surface area contributed by atoms with E-state index < -0.39 is 0 Å². The number of carbonyl (C=O) groups is 2. The van der Waals surface area contributed by atoms with Crippen molar-refractivity contribution in [1.29, 1.82) is 0 Å². The van der Waals surface area contributed by atoms with Crippen molar-refractivity contribution in [2.75, 3.05) is 44.6 Å². The minimum atomic E-state index is -0.304. The molecular weight excluding hydrogens is 383 g/mol. The van der Waals surface area contributed by atoms with Crippen LogP contribution in [0.25, 0.3) is 0 Å². The molecule has 0 atom stereocenters. The summed E-state index contributed by atoms with van der Waals surface area (Å²) in [5.41, 5.74) is 2.52. The highest BCUT2D eigenvalue weighted by atomic mass is 19.1. The fraction of sp³-hybridized carbons (Fsp3) is 0.391. The number of hydrogen-bond donors (Lipinski definition) is 4. The van der Waals surface area contributed by atoms with Crippen molar-refractivity contribution in [3.63, 3.8) is 0 Å². The van der Waals surface area contributed by atoms with Gasteiger partial charge in [0.05, 0.1) is 0 Å². The van der Waals surface area contributed by atoms with Crippen molar-refractivity contribution in [3.8, 4) is 0 Å². The van der Waals surface area contributed by atoms with Crippen LogP contribution in [0, 0.1) is 5.82 Å². The van der Waals surface area contributed by atoms with Gasteiger partial charge in [-0.1, -0.05) is 43.3 Å². The number of amides is 2. The predicted molar refractivity (Wildman–Crippen MR) is 114 cm³/mol. The Labute approximate surface area is 177 Å². The van der Waals surface area contributed by atoms with Crippen LogP contribution in [-0.2, 0) is 22.6 Å². The van der Waals surface area contributed by atoms with E-state index in [9.17, 15) is 14.0 Å². The molecule has 2 amide bonds. The highest BCUT2D eigenvalue weighted by Gasteiger charge is 2.26. The monoisotopic (exact) mass is 414 g/mol. The Bertz CT molecular complexity index is 866. The lowest BCUT2D eigenvalue weighted by Crippen LogP contribution is -3.28. The molecule has 1 fully saturated rings. The number of anilines is 1. The summed E-state index contributed by atoms with van der Waals surface area (Å²) >= 11 is 0. The van der Waals surface area contributed by atoms with Crippen LogP contribution in [-0.4, -0.2) is 51.1 Å². The first-order valence-corrected chi connectivity index (χ1v) is 10.6. The lowest BCUT2D eigenvalue weighted by Gasteiger charge is -2.29. The van der Waals surface area contributed by atoms with Gasteiger partial charge in [0.25, 0.3) is 11.8 Å². The number of quaternary nitrogens is 2. The van der Waals surface area contributed by atoms with Crippen LogP contribution in [0.3, 0.4) is 0 Å². The molecule has 0 aliphatic carbocycles. The fourth-order valence-electron chi connectivity index (χ4n) is 3.81. The van der Waals surface area contributed by atoms with Crippen molar-refractivity contribution in [1.82, 2.24) is 5.32 Å². The van der Waals surface area contributed by atoms with E-state index in [1.807, 2.05) is 24.3 Å². The van der Waals surface area contributed by atoms with Crippen LogP contribution in [0.5, 0.6) is 0 Å². The Morgan fingerprint density at radius 1 is 0.867 bits per heavy atom. The highest BCUT2D eigenvalue weighted by Crippen LogP contribution is 2.14. The van der Waals surface area contributed by atoms with Crippen LogP contribution >= 0.6 is 0 Å². The van der Waals surface area contributed by atoms with E-state index in [2.05, 4.69) is 17.6 Å². The summed E-state index contributed by atoms with van der Waals surface area (Å²) in [4.78, 5) is 27.0. The molecule has 2 aromatic rings. The second-order valence-electron chi connectivity index (χ2n) is 7.78. The summed E-state index contributed by atoms with van der Waals surface area (Å²) in [6.45, 7) is 6.45. The first kappa shape index (κ1) is 21.9. The van der Waals surface area contributed by atoms with Gasteiger partial charge < -0.3 is 20.4 Å². The van der Waals surface area contributed by atoms with Gasteiger partial charge in [0.15, 0.2) is 13.1 Å². The largest absolute Gasteiger partial charge is 0.347 e. The molecule has 1 heterocycles. The van der Waals surface area contributed by atoms with Crippen LogP contribution in [0.15, 0.2) is 48.5 Å². The number of benzene rings is 2. The summed E-state index contributed by atoms with van der Waals surface area (Å²) in [5, 5.41) is 5.83. The molecule has 2 aromatic carbocycles.